The summed E-state index contributed by atoms with van der Waals surface area (Å²) in [7, 11) is 0. The largest absolute Gasteiger partial charge is 0.396 e. The summed E-state index contributed by atoms with van der Waals surface area (Å²) in [5.74, 6) is 1.21. The smallest absolute Gasteiger partial charge is 0.0501 e. The van der Waals surface area contributed by atoms with Gasteiger partial charge >= 0.3 is 0 Å². The van der Waals surface area contributed by atoms with Crippen LogP contribution in [-0.2, 0) is 4.74 Å². The van der Waals surface area contributed by atoms with Crippen LogP contribution in [0.5, 0.6) is 0 Å². The summed E-state index contributed by atoms with van der Waals surface area (Å²) in [5, 5.41) is 9.76. The Bertz CT molecular complexity index is 265. The predicted molar refractivity (Wildman–Crippen MR) is 77.2 cm³/mol. The Balaban J connectivity index is 1.91. The van der Waals surface area contributed by atoms with Crippen LogP contribution in [0.15, 0.2) is 0 Å². The van der Waals surface area contributed by atoms with E-state index in [4.69, 9.17) is 4.74 Å². The van der Waals surface area contributed by atoms with E-state index in [1.807, 2.05) is 0 Å². The lowest BCUT2D eigenvalue weighted by Crippen LogP contribution is -2.44. The highest BCUT2D eigenvalue weighted by Crippen LogP contribution is 2.34. The summed E-state index contributed by atoms with van der Waals surface area (Å²) in [6.45, 7) is 10.0. The molecule has 0 aromatic rings. The summed E-state index contributed by atoms with van der Waals surface area (Å²) in [4.78, 5) is 2.56. The van der Waals surface area contributed by atoms with Crippen molar-refractivity contribution in [3.8, 4) is 0 Å². The van der Waals surface area contributed by atoms with Crippen molar-refractivity contribution < 1.29 is 9.84 Å². The SMILES string of the molecule is CC1(C)CCN(CC2(CO)CCOCC2)CCS1. The quantitative estimate of drug-likeness (QED) is 0.852. The first kappa shape index (κ1) is 14.6. The predicted octanol–water partition coefficient (Wildman–Crippen LogP) is 1.99. The van der Waals surface area contributed by atoms with Gasteiger partial charge in [0, 0.05) is 42.2 Å². The Morgan fingerprint density at radius 1 is 1.17 bits per heavy atom. The summed E-state index contributed by atoms with van der Waals surface area (Å²) >= 11 is 2.08. The number of ether oxygens (including phenoxy) is 1. The van der Waals surface area contributed by atoms with Gasteiger partial charge in [-0.15, -0.1) is 0 Å². The first-order valence-corrected chi connectivity index (χ1v) is 8.09. The van der Waals surface area contributed by atoms with Gasteiger partial charge < -0.3 is 14.7 Å². The van der Waals surface area contributed by atoms with Crippen molar-refractivity contribution in [1.29, 1.82) is 0 Å². The molecule has 0 amide bonds. The average molecular weight is 273 g/mol. The van der Waals surface area contributed by atoms with Gasteiger partial charge in [0.1, 0.15) is 0 Å². The van der Waals surface area contributed by atoms with Gasteiger partial charge in [-0.05, 0) is 25.8 Å². The molecule has 0 bridgehead atoms. The first-order chi connectivity index (χ1) is 8.55. The third-order valence-corrected chi connectivity index (χ3v) is 5.75. The second-order valence-corrected chi connectivity index (χ2v) is 8.21. The second-order valence-electron chi connectivity index (χ2n) is 6.40. The molecule has 0 aliphatic carbocycles. The topological polar surface area (TPSA) is 32.7 Å². The fourth-order valence-corrected chi connectivity index (χ4v) is 4.00. The third-order valence-electron chi connectivity index (χ3n) is 4.38. The van der Waals surface area contributed by atoms with E-state index in [1.54, 1.807) is 0 Å². The molecule has 0 aromatic carbocycles. The highest BCUT2D eigenvalue weighted by atomic mass is 32.2. The molecule has 2 aliphatic heterocycles. The fourth-order valence-electron chi connectivity index (χ4n) is 2.87. The van der Waals surface area contributed by atoms with E-state index in [1.165, 1.54) is 18.7 Å². The minimum atomic E-state index is 0.0946. The number of thioether (sulfide) groups is 1. The average Bonchev–Trinajstić information content (AvgIpc) is 2.52. The maximum Gasteiger partial charge on any atom is 0.0501 e. The van der Waals surface area contributed by atoms with Crippen LogP contribution in [-0.4, -0.2) is 60.0 Å². The summed E-state index contributed by atoms with van der Waals surface area (Å²) in [6, 6.07) is 0. The van der Waals surface area contributed by atoms with Gasteiger partial charge in [-0.1, -0.05) is 13.8 Å². The van der Waals surface area contributed by atoms with E-state index >= 15 is 0 Å². The number of aliphatic hydroxyl groups is 1. The lowest BCUT2D eigenvalue weighted by atomic mass is 9.80. The van der Waals surface area contributed by atoms with Crippen LogP contribution >= 0.6 is 11.8 Å². The van der Waals surface area contributed by atoms with Crippen molar-refractivity contribution in [3.63, 3.8) is 0 Å². The number of aliphatic hydroxyl groups excluding tert-OH is 1. The molecular weight excluding hydrogens is 246 g/mol. The molecule has 106 valence electrons. The molecule has 18 heavy (non-hydrogen) atoms. The first-order valence-electron chi connectivity index (χ1n) is 7.10. The number of nitrogens with zero attached hydrogens (tertiary/aromatic N) is 1. The van der Waals surface area contributed by atoms with Gasteiger partial charge in [0.25, 0.3) is 0 Å². The van der Waals surface area contributed by atoms with Crippen molar-refractivity contribution in [1.82, 2.24) is 4.90 Å². The van der Waals surface area contributed by atoms with E-state index < -0.39 is 0 Å². The Morgan fingerprint density at radius 2 is 1.89 bits per heavy atom. The molecule has 0 radical (unpaired) electrons. The third kappa shape index (κ3) is 3.86. The molecule has 0 unspecified atom stereocenters. The molecular formula is C14H27NO2S. The zero-order valence-electron chi connectivity index (χ0n) is 11.8. The minimum Gasteiger partial charge on any atom is -0.396 e. The molecule has 1 N–H and O–H groups in total. The molecule has 2 heterocycles. The highest BCUT2D eigenvalue weighted by molar-refractivity contribution is 8.00. The molecule has 0 spiro atoms. The highest BCUT2D eigenvalue weighted by Gasteiger charge is 2.35. The summed E-state index contributed by atoms with van der Waals surface area (Å²) in [5.41, 5.74) is 0.0946. The molecule has 2 aliphatic rings. The normalized spacial score (nSPS) is 28.8. The van der Waals surface area contributed by atoms with Gasteiger partial charge in [-0.25, -0.2) is 0 Å². The fraction of sp³-hybridized carbons (Fsp3) is 1.00. The summed E-state index contributed by atoms with van der Waals surface area (Å²) in [6.07, 6.45) is 3.27. The van der Waals surface area contributed by atoms with Gasteiger partial charge in [-0.3, -0.25) is 0 Å². The standard InChI is InChI=1S/C14H27NO2S/c1-13(2)3-6-15(7-10-18-13)11-14(12-16)4-8-17-9-5-14/h16H,3-12H2,1-2H3. The zero-order chi connectivity index (χ0) is 13.1. The molecule has 2 rings (SSSR count). The van der Waals surface area contributed by atoms with Crippen molar-refractivity contribution in [2.75, 3.05) is 45.2 Å². The monoisotopic (exact) mass is 273 g/mol. The van der Waals surface area contributed by atoms with E-state index in [2.05, 4.69) is 30.5 Å². The lowest BCUT2D eigenvalue weighted by Gasteiger charge is -2.39. The van der Waals surface area contributed by atoms with Crippen LogP contribution in [0.1, 0.15) is 33.1 Å². The van der Waals surface area contributed by atoms with E-state index in [-0.39, 0.29) is 5.41 Å². The van der Waals surface area contributed by atoms with E-state index in [0.717, 1.165) is 39.1 Å². The van der Waals surface area contributed by atoms with E-state index in [9.17, 15) is 5.11 Å². The van der Waals surface area contributed by atoms with Crippen LogP contribution in [0.2, 0.25) is 0 Å². The van der Waals surface area contributed by atoms with Crippen LogP contribution in [0.25, 0.3) is 0 Å². The van der Waals surface area contributed by atoms with Crippen molar-refractivity contribution in [3.05, 3.63) is 0 Å². The van der Waals surface area contributed by atoms with Crippen molar-refractivity contribution >= 4 is 11.8 Å². The van der Waals surface area contributed by atoms with Crippen LogP contribution in [0.4, 0.5) is 0 Å². The molecule has 2 saturated heterocycles. The Hall–Kier alpha value is 0.230. The van der Waals surface area contributed by atoms with Gasteiger partial charge in [-0.2, -0.15) is 11.8 Å². The van der Waals surface area contributed by atoms with Crippen LogP contribution < -0.4 is 0 Å². The molecule has 4 heteroatoms. The van der Waals surface area contributed by atoms with Crippen LogP contribution in [0.3, 0.4) is 0 Å². The number of hydrogen-bond donors (Lipinski definition) is 1. The zero-order valence-corrected chi connectivity index (χ0v) is 12.6. The Labute approximate surface area is 115 Å². The number of rotatable bonds is 3. The van der Waals surface area contributed by atoms with E-state index in [0.29, 0.717) is 11.4 Å². The van der Waals surface area contributed by atoms with Crippen molar-refractivity contribution in [2.45, 2.75) is 37.9 Å². The maximum atomic E-state index is 9.76. The molecule has 0 saturated carbocycles. The molecule has 0 aromatic heterocycles. The molecule has 2 fully saturated rings. The Kier molecular flexibility index (Phi) is 4.98. The van der Waals surface area contributed by atoms with Gasteiger partial charge in [0.15, 0.2) is 0 Å². The van der Waals surface area contributed by atoms with Crippen molar-refractivity contribution in [2.24, 2.45) is 5.41 Å². The maximum absolute atomic E-state index is 9.76. The second kappa shape index (κ2) is 6.12. The lowest BCUT2D eigenvalue weighted by molar-refractivity contribution is -0.0335. The molecule has 0 atom stereocenters. The van der Waals surface area contributed by atoms with Crippen LogP contribution in [0, 0.1) is 5.41 Å². The molecule has 3 nitrogen and oxygen atoms in total. The Morgan fingerprint density at radius 3 is 2.56 bits per heavy atom. The summed E-state index contributed by atoms with van der Waals surface area (Å²) < 4.78 is 5.85. The number of hydrogen-bond acceptors (Lipinski definition) is 4. The minimum absolute atomic E-state index is 0.0946. The van der Waals surface area contributed by atoms with Gasteiger partial charge in [0.2, 0.25) is 0 Å². The van der Waals surface area contributed by atoms with Gasteiger partial charge in [0.05, 0.1) is 6.61 Å².